The summed E-state index contributed by atoms with van der Waals surface area (Å²) in [4.78, 5) is 24.1. The van der Waals surface area contributed by atoms with Crippen LogP contribution in [0.5, 0.6) is 5.75 Å². The number of rotatable bonds is 8. The molecule has 2 aromatic heterocycles. The number of hydrogen-bond donors (Lipinski definition) is 0. The average molecular weight is 418 g/mol. The second kappa shape index (κ2) is 9.50. The third-order valence-electron chi connectivity index (χ3n) is 4.71. The molecule has 0 unspecified atom stereocenters. The Hall–Kier alpha value is -3.25. The molecule has 4 rings (SSSR count). The lowest BCUT2D eigenvalue weighted by Gasteiger charge is -2.19. The number of hydrogen-bond acceptors (Lipinski definition) is 5. The monoisotopic (exact) mass is 417 g/mol. The summed E-state index contributed by atoms with van der Waals surface area (Å²) in [6.07, 6.45) is 2.85. The van der Waals surface area contributed by atoms with Gasteiger partial charge in [-0.2, -0.15) is 0 Å². The molecule has 1 amide bonds. The van der Waals surface area contributed by atoms with Crippen LogP contribution in [0.1, 0.15) is 24.6 Å². The molecule has 0 spiro atoms. The zero-order valence-corrected chi connectivity index (χ0v) is 17.6. The molecule has 2 aromatic carbocycles. The molecule has 0 aliphatic carbocycles. The number of fused-ring (bicyclic) bond motifs is 1. The predicted molar refractivity (Wildman–Crippen MR) is 121 cm³/mol. The van der Waals surface area contributed by atoms with Gasteiger partial charge in [0.05, 0.1) is 29.1 Å². The van der Waals surface area contributed by atoms with E-state index in [0.717, 1.165) is 27.2 Å². The molecular weight excluding hydrogens is 394 g/mol. The highest BCUT2D eigenvalue weighted by Gasteiger charge is 2.21. The lowest BCUT2D eigenvalue weighted by molar-refractivity contribution is -0.118. The summed E-state index contributed by atoms with van der Waals surface area (Å²) in [7, 11) is 0. The Morgan fingerprint density at radius 2 is 1.90 bits per heavy atom. The molecule has 0 N–H and O–H groups in total. The van der Waals surface area contributed by atoms with Gasteiger partial charge in [0.1, 0.15) is 5.75 Å². The van der Waals surface area contributed by atoms with E-state index >= 15 is 0 Å². The van der Waals surface area contributed by atoms with Crippen LogP contribution in [0, 0.1) is 0 Å². The van der Waals surface area contributed by atoms with E-state index < -0.39 is 0 Å². The molecule has 2 heterocycles. The first-order chi connectivity index (χ1) is 14.7. The van der Waals surface area contributed by atoms with Crippen molar-refractivity contribution in [1.82, 2.24) is 9.97 Å². The number of carbonyl (C=O) groups is 1. The van der Waals surface area contributed by atoms with E-state index in [1.807, 2.05) is 73.7 Å². The molecule has 0 fully saturated rings. The minimum Gasteiger partial charge on any atom is -0.494 e. The van der Waals surface area contributed by atoms with E-state index in [0.29, 0.717) is 31.1 Å². The fourth-order valence-corrected chi connectivity index (χ4v) is 4.22. The number of aryl methyl sites for hydroxylation is 1. The molecule has 5 nitrogen and oxygen atoms in total. The van der Waals surface area contributed by atoms with Crippen LogP contribution < -0.4 is 9.64 Å². The minimum absolute atomic E-state index is 0.0357. The van der Waals surface area contributed by atoms with Gasteiger partial charge in [0.15, 0.2) is 5.13 Å². The number of carbonyl (C=O) groups excluding carboxylic acids is 1. The fourth-order valence-electron chi connectivity index (χ4n) is 3.21. The van der Waals surface area contributed by atoms with Gasteiger partial charge < -0.3 is 4.74 Å². The Bertz CT molecular complexity index is 1110. The van der Waals surface area contributed by atoms with E-state index in [1.165, 1.54) is 11.3 Å². The van der Waals surface area contributed by atoms with E-state index in [9.17, 15) is 4.79 Å². The van der Waals surface area contributed by atoms with Gasteiger partial charge in [-0.25, -0.2) is 4.98 Å². The summed E-state index contributed by atoms with van der Waals surface area (Å²) in [5.74, 6) is 0.848. The number of thiazole rings is 1. The van der Waals surface area contributed by atoms with E-state index in [2.05, 4.69) is 4.98 Å². The number of amides is 1. The summed E-state index contributed by atoms with van der Waals surface area (Å²) >= 11 is 1.50. The SMILES string of the molecule is CCOc1ccc2nc(N(Cc3ccccn3)C(=O)CCc3ccccc3)sc2c1. The summed E-state index contributed by atoms with van der Waals surface area (Å²) in [6, 6.07) is 21.6. The number of anilines is 1. The predicted octanol–water partition coefficient (Wildman–Crippen LogP) is 5.26. The Kier molecular flexibility index (Phi) is 6.35. The zero-order chi connectivity index (χ0) is 20.8. The lowest BCUT2D eigenvalue weighted by Crippen LogP contribution is -2.30. The van der Waals surface area contributed by atoms with Gasteiger partial charge >= 0.3 is 0 Å². The molecule has 4 aromatic rings. The van der Waals surface area contributed by atoms with Gasteiger partial charge in [-0.1, -0.05) is 47.7 Å². The quantitative estimate of drug-likeness (QED) is 0.393. The van der Waals surface area contributed by atoms with Crippen LogP contribution in [0.2, 0.25) is 0 Å². The molecule has 0 saturated carbocycles. The normalized spacial score (nSPS) is 10.8. The van der Waals surface area contributed by atoms with E-state index in [-0.39, 0.29) is 5.91 Å². The van der Waals surface area contributed by atoms with Crippen molar-refractivity contribution in [2.75, 3.05) is 11.5 Å². The van der Waals surface area contributed by atoms with Crippen molar-refractivity contribution in [1.29, 1.82) is 0 Å². The van der Waals surface area contributed by atoms with Crippen LogP contribution in [0.3, 0.4) is 0 Å². The molecule has 152 valence electrons. The van der Waals surface area contributed by atoms with Crippen LogP contribution >= 0.6 is 11.3 Å². The number of nitrogens with zero attached hydrogens (tertiary/aromatic N) is 3. The molecule has 30 heavy (non-hydrogen) atoms. The fraction of sp³-hybridized carbons (Fsp3) is 0.208. The number of aromatic nitrogens is 2. The van der Waals surface area contributed by atoms with Gasteiger partial charge in [-0.3, -0.25) is 14.7 Å². The highest BCUT2D eigenvalue weighted by Crippen LogP contribution is 2.32. The smallest absolute Gasteiger partial charge is 0.229 e. The largest absolute Gasteiger partial charge is 0.494 e. The van der Waals surface area contributed by atoms with Crippen LogP contribution in [-0.4, -0.2) is 22.5 Å². The van der Waals surface area contributed by atoms with Crippen molar-refractivity contribution < 1.29 is 9.53 Å². The van der Waals surface area contributed by atoms with E-state index in [4.69, 9.17) is 9.72 Å². The number of benzene rings is 2. The number of pyridine rings is 1. The molecule has 0 atom stereocenters. The van der Waals surface area contributed by atoms with Crippen LogP contribution in [0.25, 0.3) is 10.2 Å². The second-order valence-corrected chi connectivity index (χ2v) is 7.85. The first-order valence-corrected chi connectivity index (χ1v) is 10.8. The first kappa shape index (κ1) is 20.0. The molecular formula is C24H23N3O2S. The summed E-state index contributed by atoms with van der Waals surface area (Å²) in [6.45, 7) is 2.97. The van der Waals surface area contributed by atoms with Crippen molar-refractivity contribution in [3.63, 3.8) is 0 Å². The van der Waals surface area contributed by atoms with Gasteiger partial charge in [0.25, 0.3) is 0 Å². The topological polar surface area (TPSA) is 55.3 Å². The van der Waals surface area contributed by atoms with Crippen molar-refractivity contribution in [2.45, 2.75) is 26.3 Å². The average Bonchev–Trinajstić information content (AvgIpc) is 3.20. The third kappa shape index (κ3) is 4.83. The van der Waals surface area contributed by atoms with Crippen LogP contribution in [-0.2, 0) is 17.8 Å². The summed E-state index contributed by atoms with van der Waals surface area (Å²) in [5, 5.41) is 0.683. The molecule has 0 bridgehead atoms. The Morgan fingerprint density at radius 3 is 2.67 bits per heavy atom. The molecule has 0 radical (unpaired) electrons. The van der Waals surface area contributed by atoms with Crippen molar-refractivity contribution >= 4 is 32.6 Å². The van der Waals surface area contributed by atoms with Crippen LogP contribution in [0.4, 0.5) is 5.13 Å². The highest BCUT2D eigenvalue weighted by molar-refractivity contribution is 7.22. The van der Waals surface area contributed by atoms with Gasteiger partial charge in [-0.15, -0.1) is 0 Å². The minimum atomic E-state index is 0.0357. The van der Waals surface area contributed by atoms with Crippen molar-refractivity contribution in [3.8, 4) is 5.75 Å². The highest BCUT2D eigenvalue weighted by atomic mass is 32.1. The molecule has 0 aliphatic heterocycles. The number of ether oxygens (including phenoxy) is 1. The van der Waals surface area contributed by atoms with E-state index in [1.54, 1.807) is 11.1 Å². The van der Waals surface area contributed by atoms with Gasteiger partial charge in [0.2, 0.25) is 5.91 Å². The second-order valence-electron chi connectivity index (χ2n) is 6.85. The van der Waals surface area contributed by atoms with Crippen molar-refractivity contribution in [3.05, 3.63) is 84.2 Å². The Morgan fingerprint density at radius 1 is 1.07 bits per heavy atom. The summed E-state index contributed by atoms with van der Waals surface area (Å²) < 4.78 is 6.60. The molecule has 0 saturated heterocycles. The van der Waals surface area contributed by atoms with Crippen molar-refractivity contribution in [2.24, 2.45) is 0 Å². The van der Waals surface area contributed by atoms with Gasteiger partial charge in [0, 0.05) is 12.6 Å². The Labute approximate surface area is 180 Å². The molecule has 0 aliphatic rings. The summed E-state index contributed by atoms with van der Waals surface area (Å²) in [5.41, 5.74) is 2.84. The zero-order valence-electron chi connectivity index (χ0n) is 16.8. The maximum absolute atomic E-state index is 13.2. The lowest BCUT2D eigenvalue weighted by atomic mass is 10.1. The standard InChI is InChI=1S/C24H23N3O2S/c1-2-29-20-12-13-21-22(16-20)30-24(26-21)27(17-19-10-6-7-15-25-19)23(28)14-11-18-8-4-3-5-9-18/h3-10,12-13,15-16H,2,11,14,17H2,1H3. The Balaban J connectivity index is 1.60. The third-order valence-corrected chi connectivity index (χ3v) is 5.75. The maximum atomic E-state index is 13.2. The maximum Gasteiger partial charge on any atom is 0.229 e. The molecule has 6 heteroatoms. The first-order valence-electron chi connectivity index (χ1n) is 10.0. The van der Waals surface area contributed by atoms with Gasteiger partial charge in [-0.05, 0) is 49.2 Å². The van der Waals surface area contributed by atoms with Crippen LogP contribution in [0.15, 0.2) is 72.9 Å².